The van der Waals surface area contributed by atoms with Gasteiger partial charge in [0.2, 0.25) is 0 Å². The first kappa shape index (κ1) is 15.6. The van der Waals surface area contributed by atoms with E-state index in [9.17, 15) is 4.79 Å². The number of carbonyl (C=O) groups excluding carboxylic acids is 1. The smallest absolute Gasteiger partial charge is 0.322 e. The molecule has 3 rings (SSSR count). The van der Waals surface area contributed by atoms with E-state index in [2.05, 4.69) is 15.5 Å². The first-order chi connectivity index (χ1) is 11.2. The molecule has 1 amide bonds. The molecule has 1 N–H and O–H groups in total. The summed E-state index contributed by atoms with van der Waals surface area (Å²) in [6.45, 7) is 0. The number of anilines is 1. The Morgan fingerprint density at radius 3 is 2.61 bits per heavy atom. The van der Waals surface area contributed by atoms with Crippen LogP contribution in [0.25, 0.3) is 11.5 Å². The second kappa shape index (κ2) is 6.85. The van der Waals surface area contributed by atoms with Gasteiger partial charge in [-0.2, -0.15) is 0 Å². The Balaban J connectivity index is 1.79. The van der Waals surface area contributed by atoms with Crippen molar-refractivity contribution < 1.29 is 9.21 Å². The fourth-order valence-corrected chi connectivity index (χ4v) is 2.69. The summed E-state index contributed by atoms with van der Waals surface area (Å²) in [7, 11) is 0. The summed E-state index contributed by atoms with van der Waals surface area (Å²) in [6, 6.07) is 14.3. The molecule has 3 aromatic rings. The number of aromatic nitrogens is 2. The number of nitrogens with zero attached hydrogens (tertiary/aromatic N) is 2. The van der Waals surface area contributed by atoms with Gasteiger partial charge in [-0.25, -0.2) is 0 Å². The van der Waals surface area contributed by atoms with Gasteiger partial charge in [0, 0.05) is 15.5 Å². The molecule has 0 fully saturated rings. The minimum absolute atomic E-state index is 0.0517. The summed E-state index contributed by atoms with van der Waals surface area (Å²) in [5.41, 5.74) is 1.29. The van der Waals surface area contributed by atoms with Crippen LogP contribution in [0.4, 0.5) is 6.01 Å². The lowest BCUT2D eigenvalue weighted by Crippen LogP contribution is -2.11. The third-order valence-corrected chi connectivity index (χ3v) is 4.14. The Hall–Kier alpha value is -2.31. The second-order valence-corrected chi connectivity index (χ2v) is 5.86. The zero-order valence-electron chi connectivity index (χ0n) is 12.1. The minimum Gasteiger partial charge on any atom is -0.403 e. The van der Waals surface area contributed by atoms with Gasteiger partial charge in [-0.3, -0.25) is 10.1 Å². The van der Waals surface area contributed by atoms with Crippen LogP contribution in [0.3, 0.4) is 0 Å². The topological polar surface area (TPSA) is 68.0 Å². The van der Waals surface area contributed by atoms with Gasteiger partial charge in [-0.15, -0.1) is 16.9 Å². The summed E-state index contributed by atoms with van der Waals surface area (Å²) < 4.78 is 5.53. The van der Waals surface area contributed by atoms with Crippen LogP contribution in [0.1, 0.15) is 10.4 Å². The fraction of sp³-hybridized carbons (Fsp3) is 0.0625. The zero-order chi connectivity index (χ0) is 16.2. The highest BCUT2D eigenvalue weighted by molar-refractivity contribution is 7.98. The summed E-state index contributed by atoms with van der Waals surface area (Å²) in [4.78, 5) is 13.1. The molecular formula is C16H12ClN3O2S. The van der Waals surface area contributed by atoms with Crippen molar-refractivity contribution in [2.45, 2.75) is 4.90 Å². The van der Waals surface area contributed by atoms with Gasteiger partial charge >= 0.3 is 6.01 Å². The third kappa shape index (κ3) is 3.55. The summed E-state index contributed by atoms with van der Waals surface area (Å²) >= 11 is 7.39. The monoisotopic (exact) mass is 345 g/mol. The first-order valence-corrected chi connectivity index (χ1v) is 8.31. The third-order valence-electron chi connectivity index (χ3n) is 3.09. The van der Waals surface area contributed by atoms with Gasteiger partial charge in [-0.1, -0.05) is 28.8 Å². The van der Waals surface area contributed by atoms with Gasteiger partial charge in [0.1, 0.15) is 0 Å². The molecule has 23 heavy (non-hydrogen) atoms. The molecule has 0 aliphatic carbocycles. The Morgan fingerprint density at radius 1 is 1.13 bits per heavy atom. The Kier molecular flexibility index (Phi) is 4.64. The molecule has 0 aliphatic rings. The van der Waals surface area contributed by atoms with Crippen LogP contribution in [0.2, 0.25) is 5.02 Å². The number of carbonyl (C=O) groups is 1. The molecule has 5 nitrogen and oxygen atoms in total. The van der Waals surface area contributed by atoms with Crippen molar-refractivity contribution in [2.24, 2.45) is 0 Å². The fourth-order valence-electron chi connectivity index (χ4n) is 1.97. The predicted molar refractivity (Wildman–Crippen MR) is 90.9 cm³/mol. The van der Waals surface area contributed by atoms with Gasteiger partial charge in [0.25, 0.3) is 11.8 Å². The van der Waals surface area contributed by atoms with Crippen molar-refractivity contribution in [3.05, 3.63) is 59.1 Å². The van der Waals surface area contributed by atoms with Crippen molar-refractivity contribution in [1.82, 2.24) is 10.2 Å². The van der Waals surface area contributed by atoms with E-state index in [1.165, 1.54) is 0 Å². The van der Waals surface area contributed by atoms with Crippen molar-refractivity contribution in [3.8, 4) is 11.5 Å². The lowest BCUT2D eigenvalue weighted by molar-refractivity contribution is 0.102. The first-order valence-electron chi connectivity index (χ1n) is 6.71. The molecule has 0 saturated carbocycles. The van der Waals surface area contributed by atoms with Gasteiger partial charge < -0.3 is 4.42 Å². The average molecular weight is 346 g/mol. The van der Waals surface area contributed by atoms with E-state index in [1.54, 1.807) is 36.0 Å². The van der Waals surface area contributed by atoms with Gasteiger partial charge in [-0.05, 0) is 42.7 Å². The van der Waals surface area contributed by atoms with Crippen molar-refractivity contribution >= 4 is 35.3 Å². The number of halogens is 1. The summed E-state index contributed by atoms with van der Waals surface area (Å²) in [5.74, 6) is 0.0244. The number of amides is 1. The summed E-state index contributed by atoms with van der Waals surface area (Å²) in [6.07, 6.45) is 1.97. The number of hydrogen-bond donors (Lipinski definition) is 1. The molecule has 116 valence electrons. The average Bonchev–Trinajstić information content (AvgIpc) is 3.03. The molecule has 0 saturated heterocycles. The standard InChI is InChI=1S/C16H12ClN3O2S/c1-23-13-5-3-2-4-12(13)15-19-20-16(22-15)18-14(21)10-6-8-11(17)9-7-10/h2-9H,1H3,(H,18,20,21). The number of thioether (sulfide) groups is 1. The normalized spacial score (nSPS) is 10.5. The predicted octanol–water partition coefficient (Wildman–Crippen LogP) is 4.36. The highest BCUT2D eigenvalue weighted by Gasteiger charge is 2.14. The SMILES string of the molecule is CSc1ccccc1-c1nnc(NC(=O)c2ccc(Cl)cc2)o1. The molecule has 2 aromatic carbocycles. The lowest BCUT2D eigenvalue weighted by atomic mass is 10.2. The van der Waals surface area contributed by atoms with Crippen LogP contribution < -0.4 is 5.32 Å². The van der Waals surface area contributed by atoms with Gasteiger partial charge in [0.15, 0.2) is 0 Å². The van der Waals surface area contributed by atoms with E-state index < -0.39 is 0 Å². The maximum absolute atomic E-state index is 12.1. The van der Waals surface area contributed by atoms with Crippen LogP contribution in [0, 0.1) is 0 Å². The number of rotatable bonds is 4. The van der Waals surface area contributed by atoms with E-state index in [-0.39, 0.29) is 11.9 Å². The molecule has 0 atom stereocenters. The Labute approximate surface area is 142 Å². The quantitative estimate of drug-likeness (QED) is 0.711. The molecular weight excluding hydrogens is 334 g/mol. The van der Waals surface area contributed by atoms with Crippen LogP contribution in [0.15, 0.2) is 57.8 Å². The highest BCUT2D eigenvalue weighted by atomic mass is 35.5. The molecule has 1 heterocycles. The van der Waals surface area contributed by atoms with Crippen molar-refractivity contribution in [2.75, 3.05) is 11.6 Å². The van der Waals surface area contributed by atoms with Crippen LogP contribution >= 0.6 is 23.4 Å². The van der Waals surface area contributed by atoms with Crippen molar-refractivity contribution in [3.63, 3.8) is 0 Å². The Bertz CT molecular complexity index is 833. The van der Waals surface area contributed by atoms with E-state index in [4.69, 9.17) is 16.0 Å². The number of benzene rings is 2. The van der Waals surface area contributed by atoms with Crippen molar-refractivity contribution in [1.29, 1.82) is 0 Å². The van der Waals surface area contributed by atoms with E-state index in [0.717, 1.165) is 10.5 Å². The van der Waals surface area contributed by atoms with Gasteiger partial charge in [0.05, 0.1) is 5.56 Å². The highest BCUT2D eigenvalue weighted by Crippen LogP contribution is 2.29. The molecule has 0 bridgehead atoms. The minimum atomic E-state index is -0.338. The zero-order valence-corrected chi connectivity index (χ0v) is 13.7. The maximum Gasteiger partial charge on any atom is 0.322 e. The van der Waals surface area contributed by atoms with Crippen LogP contribution in [-0.2, 0) is 0 Å². The molecule has 0 aliphatic heterocycles. The molecule has 0 radical (unpaired) electrons. The molecule has 0 unspecified atom stereocenters. The molecule has 1 aromatic heterocycles. The van der Waals surface area contributed by atoms with E-state index >= 15 is 0 Å². The summed E-state index contributed by atoms with van der Waals surface area (Å²) in [5, 5.41) is 11.0. The second-order valence-electron chi connectivity index (χ2n) is 4.57. The lowest BCUT2D eigenvalue weighted by Gasteiger charge is -2.02. The van der Waals surface area contributed by atoms with E-state index in [1.807, 2.05) is 30.5 Å². The number of nitrogens with one attached hydrogen (secondary N) is 1. The van der Waals surface area contributed by atoms with E-state index in [0.29, 0.717) is 16.5 Å². The van der Waals surface area contributed by atoms with Crippen LogP contribution in [-0.4, -0.2) is 22.4 Å². The molecule has 7 heteroatoms. The molecule has 0 spiro atoms. The Morgan fingerprint density at radius 2 is 1.87 bits per heavy atom. The maximum atomic E-state index is 12.1. The van der Waals surface area contributed by atoms with Crippen LogP contribution in [0.5, 0.6) is 0 Å². The number of hydrogen-bond acceptors (Lipinski definition) is 5. The largest absolute Gasteiger partial charge is 0.403 e.